The highest BCUT2D eigenvalue weighted by Crippen LogP contribution is 2.26. The van der Waals surface area contributed by atoms with Crippen LogP contribution in [0.3, 0.4) is 0 Å². The molecule has 0 unspecified atom stereocenters. The molecule has 0 amide bonds. The van der Waals surface area contributed by atoms with Gasteiger partial charge in [-0.1, -0.05) is 42.5 Å². The van der Waals surface area contributed by atoms with Gasteiger partial charge in [-0.3, -0.25) is 9.36 Å². The molecular formula is C26H25N3O2. The van der Waals surface area contributed by atoms with Gasteiger partial charge in [-0.2, -0.15) is 0 Å². The summed E-state index contributed by atoms with van der Waals surface area (Å²) in [4.78, 5) is 17.7. The Bertz CT molecular complexity index is 1230. The first-order chi connectivity index (χ1) is 15.3. The lowest BCUT2D eigenvalue weighted by Gasteiger charge is -2.23. The lowest BCUT2D eigenvalue weighted by Crippen LogP contribution is -2.26. The van der Waals surface area contributed by atoms with Crippen LogP contribution < -0.4 is 15.6 Å². The minimum atomic E-state index is -0.0928. The fourth-order valence-electron chi connectivity index (χ4n) is 4.18. The molecule has 1 aliphatic rings. The van der Waals surface area contributed by atoms with E-state index >= 15 is 0 Å². The Morgan fingerprint density at radius 3 is 2.52 bits per heavy atom. The molecular weight excluding hydrogens is 386 g/mol. The van der Waals surface area contributed by atoms with Crippen molar-refractivity contribution >= 4 is 10.9 Å². The molecule has 1 saturated heterocycles. The van der Waals surface area contributed by atoms with Crippen LogP contribution in [0, 0.1) is 0 Å². The third-order valence-corrected chi connectivity index (χ3v) is 5.96. The topological polar surface area (TPSA) is 56.1 Å². The maximum atomic E-state index is 13.2. The summed E-state index contributed by atoms with van der Waals surface area (Å²) in [6, 6.07) is 23.8. The zero-order valence-corrected chi connectivity index (χ0v) is 17.3. The Morgan fingerprint density at radius 2 is 1.74 bits per heavy atom. The molecule has 0 atom stereocenters. The quantitative estimate of drug-likeness (QED) is 0.528. The summed E-state index contributed by atoms with van der Waals surface area (Å²) in [7, 11) is 0. The van der Waals surface area contributed by atoms with E-state index in [2.05, 4.69) is 22.4 Å². The molecule has 156 valence electrons. The normalized spacial score (nSPS) is 14.6. The lowest BCUT2D eigenvalue weighted by atomic mass is 9.90. The molecule has 4 aromatic rings. The molecule has 0 bridgehead atoms. The van der Waals surface area contributed by atoms with Crippen molar-refractivity contribution in [1.82, 2.24) is 14.9 Å². The van der Waals surface area contributed by atoms with Crippen molar-refractivity contribution in [3.8, 4) is 11.4 Å². The first-order valence-electron chi connectivity index (χ1n) is 10.8. The summed E-state index contributed by atoms with van der Waals surface area (Å²) in [5.74, 6) is 1.25. The van der Waals surface area contributed by atoms with Crippen LogP contribution in [-0.2, 0) is 6.61 Å². The fourth-order valence-corrected chi connectivity index (χ4v) is 4.18. The van der Waals surface area contributed by atoms with Gasteiger partial charge in [0, 0.05) is 0 Å². The average Bonchev–Trinajstić information content (AvgIpc) is 2.84. The first-order valence-corrected chi connectivity index (χ1v) is 10.8. The van der Waals surface area contributed by atoms with Crippen LogP contribution in [0.15, 0.2) is 83.9 Å². The van der Waals surface area contributed by atoms with Gasteiger partial charge >= 0.3 is 0 Å². The van der Waals surface area contributed by atoms with Gasteiger partial charge in [0.1, 0.15) is 18.7 Å². The van der Waals surface area contributed by atoms with Gasteiger partial charge in [-0.15, -0.1) is 0 Å². The van der Waals surface area contributed by atoms with E-state index in [9.17, 15) is 4.79 Å². The van der Waals surface area contributed by atoms with Gasteiger partial charge in [0.15, 0.2) is 0 Å². The third kappa shape index (κ3) is 4.23. The van der Waals surface area contributed by atoms with Crippen LogP contribution in [0.25, 0.3) is 16.6 Å². The van der Waals surface area contributed by atoms with E-state index in [1.807, 2.05) is 54.6 Å². The molecule has 31 heavy (non-hydrogen) atoms. The summed E-state index contributed by atoms with van der Waals surface area (Å²) in [6.07, 6.45) is 3.92. The predicted octanol–water partition coefficient (Wildman–Crippen LogP) is 4.43. The second kappa shape index (κ2) is 8.74. The number of hydrogen-bond donors (Lipinski definition) is 1. The highest BCUT2D eigenvalue weighted by molar-refractivity contribution is 5.79. The van der Waals surface area contributed by atoms with Crippen molar-refractivity contribution in [3.63, 3.8) is 0 Å². The Hall–Kier alpha value is -3.44. The van der Waals surface area contributed by atoms with Gasteiger partial charge in [-0.25, -0.2) is 4.98 Å². The largest absolute Gasteiger partial charge is 0.489 e. The van der Waals surface area contributed by atoms with Crippen molar-refractivity contribution in [2.75, 3.05) is 13.1 Å². The Morgan fingerprint density at radius 1 is 0.968 bits per heavy atom. The molecule has 1 aromatic heterocycles. The Labute approximate surface area is 181 Å². The standard InChI is InChI=1S/C26H25N3O2/c30-26-24-16-23(31-17-19-4-2-1-3-5-19)10-11-25(24)28-18-29(26)22-8-6-20(7-9-22)21-12-14-27-15-13-21/h1-11,16,18,21,27H,12-15,17H2. The van der Waals surface area contributed by atoms with E-state index in [1.54, 1.807) is 17.0 Å². The van der Waals surface area contributed by atoms with Crippen LogP contribution in [0.4, 0.5) is 0 Å². The van der Waals surface area contributed by atoms with Crippen LogP contribution in [-0.4, -0.2) is 22.6 Å². The molecule has 1 fully saturated rings. The van der Waals surface area contributed by atoms with Gasteiger partial charge in [-0.05, 0) is 73.3 Å². The van der Waals surface area contributed by atoms with Gasteiger partial charge in [0.05, 0.1) is 16.6 Å². The zero-order valence-electron chi connectivity index (χ0n) is 17.3. The van der Waals surface area contributed by atoms with Gasteiger partial charge in [0.2, 0.25) is 0 Å². The molecule has 0 radical (unpaired) electrons. The van der Waals surface area contributed by atoms with Crippen LogP contribution in [0.1, 0.15) is 29.9 Å². The molecule has 1 aliphatic heterocycles. The smallest absolute Gasteiger partial charge is 0.265 e. The van der Waals surface area contributed by atoms with E-state index < -0.39 is 0 Å². The second-order valence-corrected chi connectivity index (χ2v) is 7.99. The average molecular weight is 412 g/mol. The van der Waals surface area contributed by atoms with Crippen molar-refractivity contribution in [1.29, 1.82) is 0 Å². The number of nitrogens with one attached hydrogen (secondary N) is 1. The van der Waals surface area contributed by atoms with Crippen molar-refractivity contribution in [3.05, 3.63) is 101 Å². The summed E-state index contributed by atoms with van der Waals surface area (Å²) >= 11 is 0. The van der Waals surface area contributed by atoms with E-state index in [0.717, 1.165) is 37.2 Å². The van der Waals surface area contributed by atoms with E-state index in [0.29, 0.717) is 29.2 Å². The third-order valence-electron chi connectivity index (χ3n) is 5.96. The van der Waals surface area contributed by atoms with Crippen molar-refractivity contribution < 1.29 is 4.74 Å². The lowest BCUT2D eigenvalue weighted by molar-refractivity contribution is 0.306. The molecule has 5 heteroatoms. The highest BCUT2D eigenvalue weighted by Gasteiger charge is 2.15. The van der Waals surface area contributed by atoms with E-state index in [4.69, 9.17) is 4.74 Å². The number of aromatic nitrogens is 2. The Kier molecular flexibility index (Phi) is 5.50. The maximum Gasteiger partial charge on any atom is 0.265 e. The van der Waals surface area contributed by atoms with Gasteiger partial charge in [0.25, 0.3) is 5.56 Å². The summed E-state index contributed by atoms with van der Waals surface area (Å²) in [6.45, 7) is 2.59. The fraction of sp³-hybridized carbons (Fsp3) is 0.231. The second-order valence-electron chi connectivity index (χ2n) is 7.99. The van der Waals surface area contributed by atoms with Crippen LogP contribution in [0.5, 0.6) is 5.75 Å². The predicted molar refractivity (Wildman–Crippen MR) is 123 cm³/mol. The molecule has 0 aliphatic carbocycles. The van der Waals surface area contributed by atoms with Crippen LogP contribution in [0.2, 0.25) is 0 Å². The molecule has 0 saturated carbocycles. The van der Waals surface area contributed by atoms with Crippen molar-refractivity contribution in [2.45, 2.75) is 25.4 Å². The van der Waals surface area contributed by atoms with Gasteiger partial charge < -0.3 is 10.1 Å². The number of rotatable bonds is 5. The number of fused-ring (bicyclic) bond motifs is 1. The number of piperidine rings is 1. The minimum absolute atomic E-state index is 0.0928. The zero-order chi connectivity index (χ0) is 21.0. The van der Waals surface area contributed by atoms with Crippen molar-refractivity contribution in [2.24, 2.45) is 0 Å². The maximum absolute atomic E-state index is 13.2. The first kappa shape index (κ1) is 19.5. The van der Waals surface area contributed by atoms with Crippen LogP contribution >= 0.6 is 0 Å². The minimum Gasteiger partial charge on any atom is -0.489 e. The monoisotopic (exact) mass is 411 g/mol. The number of hydrogen-bond acceptors (Lipinski definition) is 4. The number of nitrogens with zero attached hydrogens (tertiary/aromatic N) is 2. The molecule has 1 N–H and O–H groups in total. The molecule has 5 rings (SSSR count). The summed E-state index contributed by atoms with van der Waals surface area (Å²) < 4.78 is 7.51. The highest BCUT2D eigenvalue weighted by atomic mass is 16.5. The van der Waals surface area contributed by atoms with E-state index in [1.165, 1.54) is 5.56 Å². The van der Waals surface area contributed by atoms with E-state index in [-0.39, 0.29) is 5.56 Å². The SMILES string of the molecule is O=c1c2cc(OCc3ccccc3)ccc2ncn1-c1ccc(C2CCNCC2)cc1. The number of ether oxygens (including phenoxy) is 1. The molecule has 0 spiro atoms. The summed E-state index contributed by atoms with van der Waals surface area (Å²) in [5, 5.41) is 3.96. The summed E-state index contributed by atoms with van der Waals surface area (Å²) in [5.41, 5.74) is 3.82. The molecule has 3 aromatic carbocycles. The number of benzene rings is 3. The molecule has 2 heterocycles. The Balaban J connectivity index is 1.41. The molecule has 5 nitrogen and oxygen atoms in total.